The van der Waals surface area contributed by atoms with Crippen LogP contribution >= 0.6 is 57.1 Å². The van der Waals surface area contributed by atoms with Crippen LogP contribution in [0.15, 0.2) is 97.1 Å². The lowest BCUT2D eigenvalue weighted by molar-refractivity contribution is 0.667. The maximum absolute atomic E-state index is 5.05. The summed E-state index contributed by atoms with van der Waals surface area (Å²) in [6.45, 7) is 9.21. The molecule has 0 radical (unpaired) electrons. The fraction of sp³-hybridized carbons (Fsp3) is 0.387. The third kappa shape index (κ3) is 13.8. The number of aromatic nitrogens is 2. The summed E-state index contributed by atoms with van der Waals surface area (Å²) < 4.78 is 10.1. The fourth-order valence-electron chi connectivity index (χ4n) is 9.41. The van der Waals surface area contributed by atoms with Crippen LogP contribution in [0.3, 0.4) is 0 Å². The SMILES string of the molecule is CCCCCCc1cc(-c2ccccc2)sc1/C=C/c1sc(-c2ccc(-c3cc(CCCCCC)c(/C=C/c4sc(-c5ccccc5)cc4CCCCCC)s3)c3nsnc23)cc1CCCCCC. The molecule has 0 atom stereocenters. The molecule has 69 heavy (non-hydrogen) atoms. The largest absolute Gasteiger partial charge is 0.172 e. The highest BCUT2D eigenvalue weighted by Crippen LogP contribution is 2.44. The summed E-state index contributed by atoms with van der Waals surface area (Å²) in [6, 6.07) is 36.4. The average molecular weight is 1010 g/mol. The first-order valence-corrected chi connectivity index (χ1v) is 30.3. The van der Waals surface area contributed by atoms with Crippen molar-refractivity contribution in [1.82, 2.24) is 8.75 Å². The van der Waals surface area contributed by atoms with Crippen LogP contribution in [0.2, 0.25) is 0 Å². The third-order valence-corrected chi connectivity index (χ3v) is 18.7. The molecule has 0 saturated heterocycles. The molecular formula is C62H72N2S5. The summed E-state index contributed by atoms with van der Waals surface area (Å²) >= 11 is 9.10. The zero-order valence-corrected chi connectivity index (χ0v) is 45.7. The molecule has 0 aliphatic heterocycles. The van der Waals surface area contributed by atoms with Crippen molar-refractivity contribution in [3.8, 4) is 41.8 Å². The molecule has 5 heterocycles. The van der Waals surface area contributed by atoms with E-state index in [-0.39, 0.29) is 0 Å². The Bertz CT molecular complexity index is 2650. The van der Waals surface area contributed by atoms with Crippen LogP contribution in [-0.4, -0.2) is 8.75 Å². The van der Waals surface area contributed by atoms with E-state index in [1.54, 1.807) is 0 Å². The molecule has 0 aliphatic rings. The van der Waals surface area contributed by atoms with Crippen LogP contribution in [0.25, 0.3) is 77.1 Å². The molecule has 0 spiro atoms. The third-order valence-electron chi connectivity index (χ3n) is 13.4. The minimum absolute atomic E-state index is 1.03. The quantitative estimate of drug-likeness (QED) is 0.0457. The number of rotatable bonds is 28. The van der Waals surface area contributed by atoms with Crippen molar-refractivity contribution in [2.24, 2.45) is 0 Å². The summed E-state index contributed by atoms with van der Waals surface area (Å²) in [6.07, 6.45) is 34.5. The number of unbranched alkanes of at least 4 members (excludes halogenated alkanes) is 12. The molecule has 8 rings (SSSR count). The molecule has 0 fully saturated rings. The standard InChI is InChI=1S/C62H72N2S5/c1-5-9-13-19-31-47-41-57(45-27-23-17-24-28-45)65-53(47)37-39-55-49(33-21-15-11-7-3)43-59(67-55)51-35-36-52(62-61(51)63-69-64-62)60-44-50(34-22-16-12-8-4)56(68-60)40-38-54-48(32-20-14-10-6-2)42-58(66-54)46-29-25-18-26-30-46/h17-18,23-30,35-44H,5-16,19-22,31-34H2,1-4H3/b39-37+,40-38+. The normalized spacial score (nSPS) is 11.9. The van der Waals surface area contributed by atoms with Gasteiger partial charge in [-0.2, -0.15) is 8.75 Å². The van der Waals surface area contributed by atoms with Crippen LogP contribution in [0.5, 0.6) is 0 Å². The van der Waals surface area contributed by atoms with Gasteiger partial charge in [0.25, 0.3) is 0 Å². The van der Waals surface area contributed by atoms with E-state index in [0.29, 0.717) is 0 Å². The molecule has 7 heteroatoms. The Hall–Kier alpha value is -4.24. The Kier molecular flexibility index (Phi) is 19.9. The van der Waals surface area contributed by atoms with Crippen LogP contribution in [-0.2, 0) is 25.7 Å². The summed E-state index contributed by atoms with van der Waals surface area (Å²) in [5.74, 6) is 0. The van der Waals surface area contributed by atoms with Gasteiger partial charge in [-0.05, 0) is 133 Å². The van der Waals surface area contributed by atoms with E-state index >= 15 is 0 Å². The molecule has 3 aromatic carbocycles. The van der Waals surface area contributed by atoms with Crippen molar-refractivity contribution in [1.29, 1.82) is 0 Å². The van der Waals surface area contributed by atoms with E-state index in [9.17, 15) is 0 Å². The first kappa shape index (κ1) is 51.1. The second-order valence-electron chi connectivity index (χ2n) is 18.8. The second kappa shape index (κ2) is 26.8. The summed E-state index contributed by atoms with van der Waals surface area (Å²) in [5, 5.41) is 0. The van der Waals surface area contributed by atoms with Gasteiger partial charge in [-0.3, -0.25) is 0 Å². The number of nitrogens with zero attached hydrogens (tertiary/aromatic N) is 2. The lowest BCUT2D eigenvalue weighted by Crippen LogP contribution is -1.87. The van der Waals surface area contributed by atoms with Crippen molar-refractivity contribution in [2.45, 2.75) is 156 Å². The Labute approximate surface area is 434 Å². The highest BCUT2D eigenvalue weighted by Gasteiger charge is 2.20. The minimum Gasteiger partial charge on any atom is -0.172 e. The zero-order chi connectivity index (χ0) is 47.6. The van der Waals surface area contributed by atoms with Crippen molar-refractivity contribution in [3.05, 3.63) is 139 Å². The number of hydrogen-bond donors (Lipinski definition) is 0. The fourth-order valence-corrected chi connectivity index (χ4v) is 14.5. The Balaban J connectivity index is 1.11. The molecule has 360 valence electrons. The van der Waals surface area contributed by atoms with Crippen molar-refractivity contribution < 1.29 is 0 Å². The van der Waals surface area contributed by atoms with Gasteiger partial charge in [-0.25, -0.2) is 0 Å². The molecule has 0 N–H and O–H groups in total. The summed E-state index contributed by atoms with van der Waals surface area (Å²) in [5.41, 5.74) is 13.0. The van der Waals surface area contributed by atoms with Gasteiger partial charge in [0.15, 0.2) is 0 Å². The van der Waals surface area contributed by atoms with Gasteiger partial charge in [0.2, 0.25) is 0 Å². The van der Waals surface area contributed by atoms with Crippen molar-refractivity contribution >= 4 is 92.4 Å². The van der Waals surface area contributed by atoms with Gasteiger partial charge < -0.3 is 0 Å². The van der Waals surface area contributed by atoms with Crippen LogP contribution in [0.4, 0.5) is 0 Å². The lowest BCUT2D eigenvalue weighted by atomic mass is 10.0. The van der Waals surface area contributed by atoms with Crippen molar-refractivity contribution in [3.63, 3.8) is 0 Å². The topological polar surface area (TPSA) is 25.8 Å². The molecule has 8 aromatic rings. The Morgan fingerprint density at radius 3 is 0.971 bits per heavy atom. The smallest absolute Gasteiger partial charge is 0.114 e. The number of hydrogen-bond acceptors (Lipinski definition) is 7. The second-order valence-corrected chi connectivity index (χ2v) is 23.6. The molecule has 0 amide bonds. The van der Waals surface area contributed by atoms with Gasteiger partial charge in [0, 0.05) is 50.1 Å². The monoisotopic (exact) mass is 1000 g/mol. The van der Waals surface area contributed by atoms with Gasteiger partial charge >= 0.3 is 0 Å². The maximum atomic E-state index is 5.05. The summed E-state index contributed by atoms with van der Waals surface area (Å²) in [7, 11) is 0. The van der Waals surface area contributed by atoms with E-state index < -0.39 is 0 Å². The first-order valence-electron chi connectivity index (χ1n) is 26.3. The van der Waals surface area contributed by atoms with Crippen LogP contribution in [0.1, 0.15) is 172 Å². The molecule has 2 nitrogen and oxygen atoms in total. The van der Waals surface area contributed by atoms with Crippen molar-refractivity contribution in [2.75, 3.05) is 0 Å². The lowest BCUT2D eigenvalue weighted by Gasteiger charge is -2.03. The molecule has 0 saturated carbocycles. The number of thiophene rings is 4. The van der Waals surface area contributed by atoms with Gasteiger partial charge in [-0.1, -0.05) is 178 Å². The Morgan fingerprint density at radius 2 is 0.652 bits per heavy atom. The highest BCUT2D eigenvalue weighted by molar-refractivity contribution is 7.18. The molecule has 0 bridgehead atoms. The molecular weight excluding hydrogens is 933 g/mol. The van der Waals surface area contributed by atoms with Crippen LogP contribution in [0, 0.1) is 0 Å². The van der Waals surface area contributed by atoms with E-state index in [1.165, 1.54) is 198 Å². The van der Waals surface area contributed by atoms with E-state index in [0.717, 1.165) is 36.7 Å². The van der Waals surface area contributed by atoms with E-state index in [4.69, 9.17) is 8.75 Å². The number of benzene rings is 3. The maximum Gasteiger partial charge on any atom is 0.114 e. The highest BCUT2D eigenvalue weighted by atomic mass is 32.1. The van der Waals surface area contributed by atoms with Gasteiger partial charge in [-0.15, -0.1) is 45.3 Å². The van der Waals surface area contributed by atoms with Gasteiger partial charge in [0.05, 0.1) is 11.7 Å². The Morgan fingerprint density at radius 1 is 0.348 bits per heavy atom. The molecule has 0 unspecified atom stereocenters. The zero-order valence-electron chi connectivity index (χ0n) is 41.6. The predicted octanol–water partition coefficient (Wildman–Crippen LogP) is 21.4. The summed E-state index contributed by atoms with van der Waals surface area (Å²) in [4.78, 5) is 10.9. The molecule has 5 aromatic heterocycles. The van der Waals surface area contributed by atoms with Crippen LogP contribution < -0.4 is 0 Å². The predicted molar refractivity (Wildman–Crippen MR) is 313 cm³/mol. The number of aryl methyl sites for hydroxylation is 4. The van der Waals surface area contributed by atoms with E-state index in [1.807, 2.05) is 45.3 Å². The minimum atomic E-state index is 1.03. The molecule has 0 aliphatic carbocycles. The first-order chi connectivity index (χ1) is 34.1. The van der Waals surface area contributed by atoms with Gasteiger partial charge in [0.1, 0.15) is 11.0 Å². The number of fused-ring (bicyclic) bond motifs is 1. The van der Waals surface area contributed by atoms with E-state index in [2.05, 4.69) is 149 Å². The average Bonchev–Trinajstić information content (AvgIpc) is 4.25.